The van der Waals surface area contributed by atoms with Crippen LogP contribution in [0, 0.1) is 5.92 Å². The van der Waals surface area contributed by atoms with Gasteiger partial charge in [-0.1, -0.05) is 39.2 Å². The van der Waals surface area contributed by atoms with E-state index in [1.807, 2.05) is 12.1 Å². The van der Waals surface area contributed by atoms with Gasteiger partial charge in [-0.3, -0.25) is 4.79 Å². The molecule has 0 aromatic heterocycles. The molecule has 0 spiro atoms. The Kier molecular flexibility index (Phi) is 8.32. The van der Waals surface area contributed by atoms with E-state index in [1.54, 1.807) is 12.1 Å². The molecule has 1 atom stereocenters. The number of ether oxygens (including phenoxy) is 2. The van der Waals surface area contributed by atoms with Gasteiger partial charge in [0.1, 0.15) is 5.75 Å². The average Bonchev–Trinajstić information content (AvgIpc) is 2.47. The van der Waals surface area contributed by atoms with Crippen LogP contribution < -0.4 is 10.5 Å². The number of esters is 1. The Hall–Kier alpha value is -1.71. The number of rotatable bonds is 10. The topological polar surface area (TPSA) is 61.5 Å². The van der Waals surface area contributed by atoms with Crippen molar-refractivity contribution in [1.82, 2.24) is 0 Å². The molecule has 0 saturated carbocycles. The molecule has 0 aliphatic carbocycles. The number of carbonyl (C=O) groups excluding carboxylic acids is 1. The summed E-state index contributed by atoms with van der Waals surface area (Å²) in [5, 5.41) is 0. The maximum Gasteiger partial charge on any atom is 0.309 e. The van der Waals surface area contributed by atoms with Gasteiger partial charge < -0.3 is 15.2 Å². The van der Waals surface area contributed by atoms with E-state index < -0.39 is 0 Å². The second-order valence-corrected chi connectivity index (χ2v) is 5.27. The lowest BCUT2D eigenvalue weighted by Crippen LogP contribution is -2.15. The highest BCUT2D eigenvalue weighted by Gasteiger charge is 2.10. The summed E-state index contributed by atoms with van der Waals surface area (Å²) in [7, 11) is 0. The molecule has 1 aromatic rings. The average molecular weight is 293 g/mol. The molecule has 118 valence electrons. The first-order chi connectivity index (χ1) is 10.2. The lowest BCUT2D eigenvalue weighted by molar-refractivity contribution is -0.145. The fourth-order valence-electron chi connectivity index (χ4n) is 2.04. The third kappa shape index (κ3) is 7.59. The fraction of sp³-hybridized carbons (Fsp3) is 0.588. The number of anilines is 1. The van der Waals surface area contributed by atoms with Crippen molar-refractivity contribution in [3.63, 3.8) is 0 Å². The van der Waals surface area contributed by atoms with E-state index in [-0.39, 0.29) is 12.4 Å². The minimum atomic E-state index is -0.200. The van der Waals surface area contributed by atoms with Crippen molar-refractivity contribution in [3.05, 3.63) is 24.3 Å². The van der Waals surface area contributed by atoms with Crippen molar-refractivity contribution < 1.29 is 14.3 Å². The van der Waals surface area contributed by atoms with Gasteiger partial charge in [-0.15, -0.1) is 0 Å². The van der Waals surface area contributed by atoms with Crippen LogP contribution in [0.15, 0.2) is 24.3 Å². The molecule has 21 heavy (non-hydrogen) atoms. The van der Waals surface area contributed by atoms with Crippen LogP contribution in [0.1, 0.15) is 46.0 Å². The predicted octanol–water partition coefficient (Wildman–Crippen LogP) is 3.80. The molecular weight excluding hydrogens is 266 g/mol. The summed E-state index contributed by atoms with van der Waals surface area (Å²) < 4.78 is 10.8. The minimum absolute atomic E-state index is 0.200. The molecule has 1 aromatic carbocycles. The number of nitrogen functional groups attached to an aromatic ring is 1. The van der Waals surface area contributed by atoms with Gasteiger partial charge in [-0.25, -0.2) is 0 Å². The molecule has 4 nitrogen and oxygen atoms in total. The van der Waals surface area contributed by atoms with Crippen molar-refractivity contribution >= 4 is 11.7 Å². The number of carbonyl (C=O) groups is 1. The van der Waals surface area contributed by atoms with Gasteiger partial charge in [0.05, 0.1) is 19.6 Å². The SMILES string of the molecule is CCCCC(CC)COC(=O)CCOc1cccc(N)c1. The lowest BCUT2D eigenvalue weighted by atomic mass is 10.0. The molecule has 0 aliphatic heterocycles. The first-order valence-corrected chi connectivity index (χ1v) is 7.79. The maximum absolute atomic E-state index is 11.7. The van der Waals surface area contributed by atoms with Gasteiger partial charge in [-0.05, 0) is 24.5 Å². The number of benzene rings is 1. The second-order valence-electron chi connectivity index (χ2n) is 5.27. The van der Waals surface area contributed by atoms with Gasteiger partial charge in [0.2, 0.25) is 0 Å². The summed E-state index contributed by atoms with van der Waals surface area (Å²) in [6, 6.07) is 7.17. The zero-order valence-corrected chi connectivity index (χ0v) is 13.1. The second kappa shape index (κ2) is 10.1. The van der Waals surface area contributed by atoms with Crippen LogP contribution in [-0.2, 0) is 9.53 Å². The molecule has 0 aliphatic rings. The standard InChI is InChI=1S/C17H27NO3/c1-3-5-7-14(4-2)13-21-17(19)10-11-20-16-9-6-8-15(18)12-16/h6,8-9,12,14H,3-5,7,10-11,13,18H2,1-2H3. The third-order valence-electron chi connectivity index (χ3n) is 3.46. The highest BCUT2D eigenvalue weighted by molar-refractivity contribution is 5.69. The first kappa shape index (κ1) is 17.3. The van der Waals surface area contributed by atoms with Crippen LogP contribution in [0.3, 0.4) is 0 Å². The number of nitrogens with two attached hydrogens (primary N) is 1. The normalized spacial score (nSPS) is 11.9. The molecule has 0 heterocycles. The van der Waals surface area contributed by atoms with Crippen molar-refractivity contribution in [2.24, 2.45) is 5.92 Å². The highest BCUT2D eigenvalue weighted by atomic mass is 16.5. The van der Waals surface area contributed by atoms with E-state index in [0.29, 0.717) is 30.6 Å². The van der Waals surface area contributed by atoms with Crippen LogP contribution in [0.2, 0.25) is 0 Å². The summed E-state index contributed by atoms with van der Waals surface area (Å²) in [6.07, 6.45) is 4.80. The van der Waals surface area contributed by atoms with Crippen molar-refractivity contribution in [2.75, 3.05) is 18.9 Å². The largest absolute Gasteiger partial charge is 0.493 e. The summed E-state index contributed by atoms with van der Waals surface area (Å²) in [5.74, 6) is 0.953. The van der Waals surface area contributed by atoms with Crippen LogP contribution >= 0.6 is 0 Å². The van der Waals surface area contributed by atoms with Gasteiger partial charge in [0, 0.05) is 11.8 Å². The Morgan fingerprint density at radius 3 is 2.81 bits per heavy atom. The zero-order valence-electron chi connectivity index (χ0n) is 13.1. The first-order valence-electron chi connectivity index (χ1n) is 7.79. The third-order valence-corrected chi connectivity index (χ3v) is 3.46. The Bertz CT molecular complexity index is 420. The molecule has 0 radical (unpaired) electrons. The Morgan fingerprint density at radius 2 is 2.14 bits per heavy atom. The summed E-state index contributed by atoms with van der Waals surface area (Å²) in [4.78, 5) is 11.7. The van der Waals surface area contributed by atoms with Gasteiger partial charge in [-0.2, -0.15) is 0 Å². The quantitative estimate of drug-likeness (QED) is 0.526. The van der Waals surface area contributed by atoms with Crippen molar-refractivity contribution in [2.45, 2.75) is 46.0 Å². The Balaban J connectivity index is 2.18. The minimum Gasteiger partial charge on any atom is -0.493 e. The summed E-state index contributed by atoms with van der Waals surface area (Å²) in [5.41, 5.74) is 6.30. The van der Waals surface area contributed by atoms with Crippen molar-refractivity contribution in [3.8, 4) is 5.75 Å². The molecule has 4 heteroatoms. The smallest absolute Gasteiger partial charge is 0.309 e. The van der Waals surface area contributed by atoms with E-state index in [1.165, 1.54) is 12.8 Å². The van der Waals surface area contributed by atoms with E-state index in [9.17, 15) is 4.79 Å². The fourth-order valence-corrected chi connectivity index (χ4v) is 2.04. The highest BCUT2D eigenvalue weighted by Crippen LogP contribution is 2.15. The lowest BCUT2D eigenvalue weighted by Gasteiger charge is -2.14. The molecular formula is C17H27NO3. The molecule has 0 amide bonds. The van der Waals surface area contributed by atoms with Crippen LogP contribution in [-0.4, -0.2) is 19.2 Å². The van der Waals surface area contributed by atoms with Gasteiger partial charge in [0.25, 0.3) is 0 Å². The summed E-state index contributed by atoms with van der Waals surface area (Å²) in [6.45, 7) is 5.14. The maximum atomic E-state index is 11.7. The number of hydrogen-bond donors (Lipinski definition) is 1. The molecule has 2 N–H and O–H groups in total. The zero-order chi connectivity index (χ0) is 15.5. The Labute approximate surface area is 127 Å². The Morgan fingerprint density at radius 1 is 1.33 bits per heavy atom. The van der Waals surface area contributed by atoms with Gasteiger partial charge >= 0.3 is 5.97 Å². The molecule has 0 bridgehead atoms. The van der Waals surface area contributed by atoms with E-state index in [4.69, 9.17) is 15.2 Å². The monoisotopic (exact) mass is 293 g/mol. The number of hydrogen-bond acceptors (Lipinski definition) is 4. The predicted molar refractivity (Wildman–Crippen MR) is 85.2 cm³/mol. The molecule has 0 fully saturated rings. The van der Waals surface area contributed by atoms with Crippen LogP contribution in [0.4, 0.5) is 5.69 Å². The molecule has 0 saturated heterocycles. The van der Waals surface area contributed by atoms with Gasteiger partial charge in [0.15, 0.2) is 0 Å². The molecule has 1 rings (SSSR count). The van der Waals surface area contributed by atoms with E-state index in [0.717, 1.165) is 12.8 Å². The van der Waals surface area contributed by atoms with Crippen molar-refractivity contribution in [1.29, 1.82) is 0 Å². The van der Waals surface area contributed by atoms with Crippen LogP contribution in [0.25, 0.3) is 0 Å². The van der Waals surface area contributed by atoms with E-state index in [2.05, 4.69) is 13.8 Å². The van der Waals surface area contributed by atoms with E-state index >= 15 is 0 Å². The molecule has 1 unspecified atom stereocenters. The summed E-state index contributed by atoms with van der Waals surface area (Å²) >= 11 is 0. The van der Waals surface area contributed by atoms with Crippen LogP contribution in [0.5, 0.6) is 5.75 Å². The number of unbranched alkanes of at least 4 members (excludes halogenated alkanes) is 1.